The van der Waals surface area contributed by atoms with E-state index in [0.29, 0.717) is 47.4 Å². The number of para-hydroxylation sites is 2. The van der Waals surface area contributed by atoms with Crippen molar-refractivity contribution in [3.63, 3.8) is 0 Å². The molecule has 31 heavy (non-hydrogen) atoms. The maximum atomic E-state index is 12.0. The Kier molecular flexibility index (Phi) is 5.38. The molecule has 1 fully saturated rings. The number of H-pyrrole nitrogens is 1. The lowest BCUT2D eigenvalue weighted by molar-refractivity contribution is -0.119. The Hall–Kier alpha value is -3.26. The molecular weight excluding hydrogens is 408 g/mol. The number of benzene rings is 2. The fourth-order valence-corrected chi connectivity index (χ4v) is 4.07. The average Bonchev–Trinajstić information content (AvgIpc) is 3.55. The minimum atomic E-state index is 0.296. The molecule has 0 unspecified atom stereocenters. The summed E-state index contributed by atoms with van der Waals surface area (Å²) < 4.78 is 0. The molecule has 0 saturated heterocycles. The summed E-state index contributed by atoms with van der Waals surface area (Å²) in [6.07, 6.45) is 3.33. The number of rotatable bonds is 8. The van der Waals surface area contributed by atoms with Crippen molar-refractivity contribution in [2.45, 2.75) is 42.7 Å². The van der Waals surface area contributed by atoms with Crippen LogP contribution in [0, 0.1) is 5.92 Å². The van der Waals surface area contributed by atoms with Crippen LogP contribution in [0.1, 0.15) is 31.2 Å². The lowest BCUT2D eigenvalue weighted by Crippen LogP contribution is -2.05. The predicted molar refractivity (Wildman–Crippen MR) is 121 cm³/mol. The zero-order valence-electron chi connectivity index (χ0n) is 17.1. The summed E-state index contributed by atoms with van der Waals surface area (Å²) in [6.45, 7) is 2.01. The molecular formula is C23H22N6OS. The summed E-state index contributed by atoms with van der Waals surface area (Å²) >= 11 is 1.48. The van der Waals surface area contributed by atoms with Gasteiger partial charge in [-0.2, -0.15) is 9.97 Å². The van der Waals surface area contributed by atoms with Gasteiger partial charge >= 0.3 is 0 Å². The van der Waals surface area contributed by atoms with E-state index in [1.54, 1.807) is 0 Å². The van der Waals surface area contributed by atoms with Crippen molar-refractivity contribution in [3.8, 4) is 0 Å². The van der Waals surface area contributed by atoms with E-state index >= 15 is 0 Å². The quantitative estimate of drug-likeness (QED) is 0.417. The number of anilines is 2. The van der Waals surface area contributed by atoms with Crippen LogP contribution in [-0.2, 0) is 17.6 Å². The van der Waals surface area contributed by atoms with Gasteiger partial charge in [0, 0.05) is 23.7 Å². The number of hydrogen-bond donors (Lipinski definition) is 2. The molecule has 0 amide bonds. The van der Waals surface area contributed by atoms with Gasteiger partial charge in [0.15, 0.2) is 5.16 Å². The molecule has 0 aliphatic heterocycles. The lowest BCUT2D eigenvalue weighted by Gasteiger charge is -2.07. The molecule has 4 aromatic rings. The first-order valence-corrected chi connectivity index (χ1v) is 11.2. The highest BCUT2D eigenvalue weighted by molar-refractivity contribution is 7.99. The van der Waals surface area contributed by atoms with Gasteiger partial charge in [0.25, 0.3) is 0 Å². The van der Waals surface area contributed by atoms with Crippen molar-refractivity contribution in [1.29, 1.82) is 0 Å². The van der Waals surface area contributed by atoms with Gasteiger partial charge in [-0.15, -0.1) is 0 Å². The summed E-state index contributed by atoms with van der Waals surface area (Å²) in [4.78, 5) is 34.4. The first-order valence-electron chi connectivity index (χ1n) is 10.4. The number of hydrogen-bond acceptors (Lipinski definition) is 7. The number of nitrogens with one attached hydrogen (secondary N) is 2. The monoisotopic (exact) mass is 430 g/mol. The third kappa shape index (κ3) is 4.74. The minimum absolute atomic E-state index is 0.296. The van der Waals surface area contributed by atoms with Crippen LogP contribution in [0.25, 0.3) is 11.0 Å². The normalized spacial score (nSPS) is 13.5. The van der Waals surface area contributed by atoms with Crippen molar-refractivity contribution >= 4 is 40.5 Å². The molecule has 8 heteroatoms. The van der Waals surface area contributed by atoms with E-state index in [9.17, 15) is 4.79 Å². The highest BCUT2D eigenvalue weighted by atomic mass is 32.2. The molecule has 0 spiro atoms. The van der Waals surface area contributed by atoms with Crippen LogP contribution in [0.3, 0.4) is 0 Å². The Morgan fingerprint density at radius 2 is 1.87 bits per heavy atom. The number of Topliss-reactive ketones (excluding diaryl/α,β-unsaturated/α-hetero) is 1. The smallest absolute Gasteiger partial charge is 0.233 e. The molecule has 7 nitrogen and oxygen atoms in total. The van der Waals surface area contributed by atoms with Crippen LogP contribution in [0.4, 0.5) is 11.9 Å². The van der Waals surface area contributed by atoms with Crippen molar-refractivity contribution in [2.75, 3.05) is 5.32 Å². The van der Waals surface area contributed by atoms with Gasteiger partial charge in [0.1, 0.15) is 11.6 Å². The first kappa shape index (κ1) is 19.7. The van der Waals surface area contributed by atoms with Crippen LogP contribution >= 0.6 is 11.8 Å². The zero-order chi connectivity index (χ0) is 21.2. The van der Waals surface area contributed by atoms with E-state index in [-0.39, 0.29) is 0 Å². The summed E-state index contributed by atoms with van der Waals surface area (Å²) in [5.74, 6) is 2.41. The summed E-state index contributed by atoms with van der Waals surface area (Å²) in [6, 6.07) is 15.9. The van der Waals surface area contributed by atoms with E-state index in [2.05, 4.69) is 30.2 Å². The van der Waals surface area contributed by atoms with E-state index in [1.807, 2.05) is 55.5 Å². The van der Waals surface area contributed by atoms with Gasteiger partial charge in [0.05, 0.1) is 11.0 Å². The lowest BCUT2D eigenvalue weighted by atomic mass is 10.1. The third-order valence-corrected chi connectivity index (χ3v) is 6.01. The van der Waals surface area contributed by atoms with Crippen LogP contribution < -0.4 is 5.32 Å². The second-order valence-electron chi connectivity index (χ2n) is 7.60. The van der Waals surface area contributed by atoms with Crippen LogP contribution in [0.15, 0.2) is 58.6 Å². The molecule has 0 radical (unpaired) electrons. The molecule has 5 rings (SSSR count). The minimum Gasteiger partial charge on any atom is -0.324 e. The second-order valence-corrected chi connectivity index (χ2v) is 8.64. The molecule has 2 aromatic heterocycles. The second kappa shape index (κ2) is 8.47. The molecule has 2 aromatic carbocycles. The Morgan fingerprint density at radius 1 is 1.06 bits per heavy atom. The van der Waals surface area contributed by atoms with Gasteiger partial charge in [-0.1, -0.05) is 31.2 Å². The van der Waals surface area contributed by atoms with E-state index < -0.39 is 0 Å². The van der Waals surface area contributed by atoms with Crippen LogP contribution in [0.2, 0.25) is 0 Å². The molecule has 0 atom stereocenters. The molecule has 0 bridgehead atoms. The van der Waals surface area contributed by atoms with Crippen LogP contribution in [0.5, 0.6) is 0 Å². The summed E-state index contributed by atoms with van der Waals surface area (Å²) in [5.41, 5.74) is 2.88. The number of carbonyl (C=O) groups is 1. The maximum absolute atomic E-state index is 12.0. The fraction of sp³-hybridized carbons (Fsp3) is 0.261. The predicted octanol–water partition coefficient (Wildman–Crippen LogP) is 4.73. The number of imidazole rings is 1. The number of aromatic nitrogens is 5. The Morgan fingerprint density at radius 3 is 2.61 bits per heavy atom. The summed E-state index contributed by atoms with van der Waals surface area (Å²) in [5, 5.41) is 3.78. The SMILES string of the molecule is CCc1nc(Nc2nc3ccccc3[nH]2)nc(Sc2ccc(CC(=O)C3CC3)cc2)n1. The molecule has 2 N–H and O–H groups in total. The summed E-state index contributed by atoms with van der Waals surface area (Å²) in [7, 11) is 0. The highest BCUT2D eigenvalue weighted by Gasteiger charge is 2.29. The van der Waals surface area contributed by atoms with Gasteiger partial charge in [-0.25, -0.2) is 9.97 Å². The largest absolute Gasteiger partial charge is 0.324 e. The highest BCUT2D eigenvalue weighted by Crippen LogP contribution is 2.31. The zero-order valence-corrected chi connectivity index (χ0v) is 17.9. The van der Waals surface area contributed by atoms with Crippen molar-refractivity contribution < 1.29 is 4.79 Å². The van der Waals surface area contributed by atoms with Crippen LogP contribution in [-0.4, -0.2) is 30.7 Å². The molecule has 1 saturated carbocycles. The molecule has 156 valence electrons. The van der Waals surface area contributed by atoms with Crippen molar-refractivity contribution in [1.82, 2.24) is 24.9 Å². The fourth-order valence-electron chi connectivity index (χ4n) is 3.31. The Labute approximate surface area is 184 Å². The third-order valence-electron chi connectivity index (χ3n) is 5.14. The average molecular weight is 431 g/mol. The number of ketones is 1. The Balaban J connectivity index is 1.32. The standard InChI is InChI=1S/C23H22N6OS/c1-2-20-26-22(28-21-24-17-5-3-4-6-18(17)25-21)29-23(27-20)31-16-11-7-14(8-12-16)13-19(30)15-9-10-15/h3-8,11-12,15H,2,9-10,13H2,1H3,(H2,24,25,26,27,28,29). The first-order chi connectivity index (χ1) is 15.2. The number of aromatic amines is 1. The number of nitrogens with zero attached hydrogens (tertiary/aromatic N) is 4. The Bertz CT molecular complexity index is 1200. The van der Waals surface area contributed by atoms with Gasteiger partial charge in [-0.3, -0.25) is 10.1 Å². The van der Waals surface area contributed by atoms with E-state index in [1.165, 1.54) is 11.8 Å². The number of fused-ring (bicyclic) bond motifs is 1. The van der Waals surface area contributed by atoms with Crippen molar-refractivity contribution in [2.24, 2.45) is 5.92 Å². The van der Waals surface area contributed by atoms with E-state index in [4.69, 9.17) is 0 Å². The van der Waals surface area contributed by atoms with Crippen molar-refractivity contribution in [3.05, 3.63) is 59.9 Å². The molecule has 1 aliphatic rings. The van der Waals surface area contributed by atoms with Gasteiger partial charge < -0.3 is 4.98 Å². The number of aryl methyl sites for hydroxylation is 1. The molecule has 2 heterocycles. The molecule has 1 aliphatic carbocycles. The topological polar surface area (TPSA) is 96.5 Å². The van der Waals surface area contributed by atoms with Gasteiger partial charge in [-0.05, 0) is 54.4 Å². The maximum Gasteiger partial charge on any atom is 0.233 e. The number of carbonyl (C=O) groups excluding carboxylic acids is 1. The van der Waals surface area contributed by atoms with Gasteiger partial charge in [0.2, 0.25) is 11.9 Å². The van der Waals surface area contributed by atoms with E-state index in [0.717, 1.165) is 34.3 Å².